The van der Waals surface area contributed by atoms with E-state index in [1.165, 1.54) is 4.31 Å². The van der Waals surface area contributed by atoms with Crippen molar-refractivity contribution < 1.29 is 18.3 Å². The maximum Gasteiger partial charge on any atom is 0.304 e. The molecule has 1 aliphatic heterocycles. The van der Waals surface area contributed by atoms with Crippen molar-refractivity contribution in [1.82, 2.24) is 4.31 Å². The summed E-state index contributed by atoms with van der Waals surface area (Å²) in [7, 11) is -3.37. The van der Waals surface area contributed by atoms with Gasteiger partial charge in [-0.05, 0) is 0 Å². The van der Waals surface area contributed by atoms with Gasteiger partial charge in [0.05, 0.1) is 12.2 Å². The van der Waals surface area contributed by atoms with E-state index in [0.717, 1.165) is 5.75 Å². The summed E-state index contributed by atoms with van der Waals surface area (Å²) in [5.74, 6) is -0.578. The smallest absolute Gasteiger partial charge is 0.304 e. The third-order valence-corrected chi connectivity index (χ3v) is 5.15. The molecule has 0 saturated carbocycles. The molecule has 1 N–H and O–H groups in total. The Morgan fingerprint density at radius 2 is 2.27 bits per heavy atom. The molecule has 7 heteroatoms. The Kier molecular flexibility index (Phi) is 4.42. The van der Waals surface area contributed by atoms with Crippen LogP contribution in [0.15, 0.2) is 0 Å². The maximum atomic E-state index is 11.7. The number of hydrogen-bond donors (Lipinski definition) is 1. The van der Waals surface area contributed by atoms with E-state index in [1.54, 1.807) is 11.8 Å². The van der Waals surface area contributed by atoms with Gasteiger partial charge in [0.2, 0.25) is 10.0 Å². The summed E-state index contributed by atoms with van der Waals surface area (Å²) in [5.41, 5.74) is 0. The van der Waals surface area contributed by atoms with Gasteiger partial charge in [0, 0.05) is 24.1 Å². The first-order chi connectivity index (χ1) is 6.92. The predicted octanol–water partition coefficient (Wildman–Crippen LogP) is 0.228. The van der Waals surface area contributed by atoms with Crippen LogP contribution in [0.2, 0.25) is 0 Å². The Bertz CT molecular complexity index is 328. The summed E-state index contributed by atoms with van der Waals surface area (Å²) in [6.45, 7) is 2.97. The molecule has 0 amide bonds. The minimum Gasteiger partial charge on any atom is -0.481 e. The van der Waals surface area contributed by atoms with Crippen molar-refractivity contribution in [2.75, 3.05) is 24.6 Å². The van der Waals surface area contributed by atoms with Crippen molar-refractivity contribution >= 4 is 27.8 Å². The fourth-order valence-electron chi connectivity index (χ4n) is 1.38. The van der Waals surface area contributed by atoms with E-state index < -0.39 is 16.0 Å². The van der Waals surface area contributed by atoms with Gasteiger partial charge >= 0.3 is 5.97 Å². The monoisotopic (exact) mass is 253 g/mol. The maximum absolute atomic E-state index is 11.7. The first kappa shape index (κ1) is 12.8. The van der Waals surface area contributed by atoms with E-state index in [2.05, 4.69) is 0 Å². The SMILES string of the molecule is CC1CN(S(=O)(=O)CCC(=O)O)CCS1. The summed E-state index contributed by atoms with van der Waals surface area (Å²) in [6, 6.07) is 0. The topological polar surface area (TPSA) is 74.7 Å². The number of nitrogens with zero attached hydrogens (tertiary/aromatic N) is 1. The quantitative estimate of drug-likeness (QED) is 0.776. The van der Waals surface area contributed by atoms with E-state index >= 15 is 0 Å². The number of hydrogen-bond acceptors (Lipinski definition) is 4. The molecule has 1 unspecified atom stereocenters. The number of carboxylic acids is 1. The summed E-state index contributed by atoms with van der Waals surface area (Å²) in [6.07, 6.45) is -0.319. The van der Waals surface area contributed by atoms with E-state index in [4.69, 9.17) is 5.11 Å². The van der Waals surface area contributed by atoms with Crippen LogP contribution in [0.4, 0.5) is 0 Å². The molecule has 0 aliphatic carbocycles. The molecule has 0 aromatic rings. The molecule has 0 aromatic heterocycles. The van der Waals surface area contributed by atoms with Crippen LogP contribution in [-0.2, 0) is 14.8 Å². The highest BCUT2D eigenvalue weighted by Crippen LogP contribution is 2.20. The molecule has 0 aromatic carbocycles. The molecule has 1 fully saturated rings. The van der Waals surface area contributed by atoms with Crippen molar-refractivity contribution in [2.45, 2.75) is 18.6 Å². The van der Waals surface area contributed by atoms with Crippen LogP contribution in [0, 0.1) is 0 Å². The summed E-state index contributed by atoms with van der Waals surface area (Å²) in [5, 5.41) is 8.73. The second-order valence-corrected chi connectivity index (χ2v) is 7.13. The molecule has 88 valence electrons. The highest BCUT2D eigenvalue weighted by molar-refractivity contribution is 8.00. The summed E-state index contributed by atoms with van der Waals surface area (Å²) in [4.78, 5) is 10.3. The fraction of sp³-hybridized carbons (Fsp3) is 0.875. The fourth-order valence-corrected chi connectivity index (χ4v) is 4.12. The van der Waals surface area contributed by atoms with E-state index in [0.29, 0.717) is 18.3 Å². The second kappa shape index (κ2) is 5.18. The van der Waals surface area contributed by atoms with Gasteiger partial charge in [-0.2, -0.15) is 16.1 Å². The van der Waals surface area contributed by atoms with Crippen molar-refractivity contribution in [1.29, 1.82) is 0 Å². The third kappa shape index (κ3) is 4.00. The van der Waals surface area contributed by atoms with Gasteiger partial charge in [-0.1, -0.05) is 6.92 Å². The molecule has 5 nitrogen and oxygen atoms in total. The lowest BCUT2D eigenvalue weighted by molar-refractivity contribution is -0.136. The van der Waals surface area contributed by atoms with E-state index in [-0.39, 0.29) is 12.2 Å². The number of sulfonamides is 1. The lowest BCUT2D eigenvalue weighted by Gasteiger charge is -2.29. The lowest BCUT2D eigenvalue weighted by Crippen LogP contribution is -2.42. The van der Waals surface area contributed by atoms with Crippen LogP contribution in [0.5, 0.6) is 0 Å². The Labute approximate surface area is 93.9 Å². The largest absolute Gasteiger partial charge is 0.481 e. The van der Waals surface area contributed by atoms with Crippen molar-refractivity contribution in [3.8, 4) is 0 Å². The van der Waals surface area contributed by atoms with Gasteiger partial charge in [-0.15, -0.1) is 0 Å². The Morgan fingerprint density at radius 1 is 1.60 bits per heavy atom. The van der Waals surface area contributed by atoms with Crippen LogP contribution >= 0.6 is 11.8 Å². The number of rotatable bonds is 4. The van der Waals surface area contributed by atoms with Crippen LogP contribution in [-0.4, -0.2) is 53.6 Å². The third-order valence-electron chi connectivity index (χ3n) is 2.17. The van der Waals surface area contributed by atoms with E-state index in [9.17, 15) is 13.2 Å². The zero-order valence-corrected chi connectivity index (χ0v) is 10.2. The van der Waals surface area contributed by atoms with Gasteiger partial charge in [0.25, 0.3) is 0 Å². The zero-order valence-electron chi connectivity index (χ0n) is 8.55. The van der Waals surface area contributed by atoms with Gasteiger partial charge in [-0.25, -0.2) is 8.42 Å². The number of carboxylic acid groups (broad SMARTS) is 1. The standard InChI is InChI=1S/C8H15NO4S2/c1-7-6-9(3-4-14-7)15(12,13)5-2-8(10)11/h7H,2-6H2,1H3,(H,10,11). The molecule has 15 heavy (non-hydrogen) atoms. The molecule has 1 atom stereocenters. The zero-order chi connectivity index (χ0) is 11.5. The van der Waals surface area contributed by atoms with E-state index in [1.807, 2.05) is 6.92 Å². The molecular formula is C8H15NO4S2. The number of aliphatic carboxylic acids is 1. The van der Waals surface area contributed by atoms with Gasteiger partial charge in [0.15, 0.2) is 0 Å². The molecular weight excluding hydrogens is 238 g/mol. The average molecular weight is 253 g/mol. The molecule has 0 bridgehead atoms. The summed E-state index contributed by atoms with van der Waals surface area (Å²) >= 11 is 1.74. The first-order valence-electron chi connectivity index (χ1n) is 4.73. The van der Waals surface area contributed by atoms with Crippen LogP contribution in [0.1, 0.15) is 13.3 Å². The normalized spacial score (nSPS) is 23.9. The average Bonchev–Trinajstić information content (AvgIpc) is 2.15. The van der Waals surface area contributed by atoms with Gasteiger partial charge < -0.3 is 5.11 Å². The lowest BCUT2D eigenvalue weighted by atomic mass is 10.4. The Balaban J connectivity index is 2.56. The van der Waals surface area contributed by atoms with Crippen LogP contribution in [0.3, 0.4) is 0 Å². The molecule has 1 heterocycles. The molecule has 0 radical (unpaired) electrons. The van der Waals surface area contributed by atoms with Crippen LogP contribution < -0.4 is 0 Å². The van der Waals surface area contributed by atoms with Crippen molar-refractivity contribution in [3.05, 3.63) is 0 Å². The number of thioether (sulfide) groups is 1. The molecule has 0 spiro atoms. The minimum atomic E-state index is -3.37. The summed E-state index contributed by atoms with van der Waals surface area (Å²) < 4.78 is 24.8. The van der Waals surface area contributed by atoms with Crippen LogP contribution in [0.25, 0.3) is 0 Å². The molecule has 1 aliphatic rings. The molecule has 1 saturated heterocycles. The first-order valence-corrected chi connectivity index (χ1v) is 7.39. The predicted molar refractivity (Wildman–Crippen MR) is 59.5 cm³/mol. The highest BCUT2D eigenvalue weighted by atomic mass is 32.2. The Hall–Kier alpha value is -0.270. The van der Waals surface area contributed by atoms with Gasteiger partial charge in [-0.3, -0.25) is 4.79 Å². The minimum absolute atomic E-state index is 0.290. The van der Waals surface area contributed by atoms with Gasteiger partial charge in [0.1, 0.15) is 0 Å². The highest BCUT2D eigenvalue weighted by Gasteiger charge is 2.27. The van der Waals surface area contributed by atoms with Crippen molar-refractivity contribution in [2.24, 2.45) is 0 Å². The Morgan fingerprint density at radius 3 is 2.80 bits per heavy atom. The van der Waals surface area contributed by atoms with Crippen molar-refractivity contribution in [3.63, 3.8) is 0 Å². The second-order valence-electron chi connectivity index (χ2n) is 3.50. The number of carbonyl (C=O) groups is 1. The molecule has 1 rings (SSSR count).